The van der Waals surface area contributed by atoms with Gasteiger partial charge in [-0.2, -0.15) is 5.10 Å². The van der Waals surface area contributed by atoms with Crippen LogP contribution in [0.5, 0.6) is 0 Å². The van der Waals surface area contributed by atoms with Gasteiger partial charge in [0.25, 0.3) is 0 Å². The summed E-state index contributed by atoms with van der Waals surface area (Å²) in [7, 11) is 0. The SMILES string of the molecule is CC(C)(C)C1CCC(CNc2cnn(Cc3ccccc3)c2)CC1. The van der Waals surface area contributed by atoms with Gasteiger partial charge in [-0.15, -0.1) is 0 Å². The van der Waals surface area contributed by atoms with Gasteiger partial charge in [-0.05, 0) is 48.5 Å². The Labute approximate surface area is 146 Å². The van der Waals surface area contributed by atoms with E-state index >= 15 is 0 Å². The molecule has 0 spiro atoms. The Bertz CT molecular complexity index is 616. The Hall–Kier alpha value is -1.77. The van der Waals surface area contributed by atoms with Gasteiger partial charge in [0.1, 0.15) is 0 Å². The van der Waals surface area contributed by atoms with E-state index in [0.717, 1.165) is 30.6 Å². The molecule has 0 unspecified atom stereocenters. The largest absolute Gasteiger partial charge is 0.382 e. The zero-order chi connectivity index (χ0) is 17.0. The highest BCUT2D eigenvalue weighted by Gasteiger charge is 2.29. The lowest BCUT2D eigenvalue weighted by atomic mass is 9.70. The summed E-state index contributed by atoms with van der Waals surface area (Å²) in [5.41, 5.74) is 2.90. The Kier molecular flexibility index (Phi) is 5.27. The van der Waals surface area contributed by atoms with Crippen molar-refractivity contribution in [3.8, 4) is 0 Å². The maximum atomic E-state index is 4.47. The first-order chi connectivity index (χ1) is 11.5. The maximum absolute atomic E-state index is 4.47. The van der Waals surface area contributed by atoms with Crippen LogP contribution in [-0.2, 0) is 6.54 Å². The molecule has 0 amide bonds. The number of rotatable bonds is 5. The van der Waals surface area contributed by atoms with Crippen LogP contribution in [0.25, 0.3) is 0 Å². The van der Waals surface area contributed by atoms with Crippen LogP contribution in [0.4, 0.5) is 5.69 Å². The predicted octanol–water partition coefficient (Wildman–Crippen LogP) is 5.20. The van der Waals surface area contributed by atoms with Crippen molar-refractivity contribution in [2.45, 2.75) is 53.0 Å². The number of nitrogens with zero attached hydrogens (tertiary/aromatic N) is 2. The minimum Gasteiger partial charge on any atom is -0.382 e. The quantitative estimate of drug-likeness (QED) is 0.819. The average molecular weight is 326 g/mol. The summed E-state index contributed by atoms with van der Waals surface area (Å²) in [4.78, 5) is 0. The van der Waals surface area contributed by atoms with Gasteiger partial charge < -0.3 is 5.32 Å². The van der Waals surface area contributed by atoms with Gasteiger partial charge in [-0.3, -0.25) is 4.68 Å². The van der Waals surface area contributed by atoms with Crippen LogP contribution in [0, 0.1) is 17.3 Å². The van der Waals surface area contributed by atoms with Crippen molar-refractivity contribution >= 4 is 5.69 Å². The molecule has 24 heavy (non-hydrogen) atoms. The number of hydrogen-bond acceptors (Lipinski definition) is 2. The van der Waals surface area contributed by atoms with Gasteiger partial charge in [0.05, 0.1) is 18.4 Å². The Morgan fingerprint density at radius 1 is 1.08 bits per heavy atom. The van der Waals surface area contributed by atoms with E-state index in [9.17, 15) is 0 Å². The second-order valence-corrected chi connectivity index (χ2v) is 8.38. The highest BCUT2D eigenvalue weighted by atomic mass is 15.3. The van der Waals surface area contributed by atoms with Crippen LogP contribution in [0.3, 0.4) is 0 Å². The van der Waals surface area contributed by atoms with Crippen molar-refractivity contribution in [3.63, 3.8) is 0 Å². The smallest absolute Gasteiger partial charge is 0.0726 e. The molecule has 1 saturated carbocycles. The molecule has 0 saturated heterocycles. The highest BCUT2D eigenvalue weighted by molar-refractivity contribution is 5.38. The predicted molar refractivity (Wildman–Crippen MR) is 101 cm³/mol. The molecule has 1 aromatic carbocycles. The third-order valence-electron chi connectivity index (χ3n) is 5.49. The van der Waals surface area contributed by atoms with Crippen LogP contribution >= 0.6 is 0 Å². The summed E-state index contributed by atoms with van der Waals surface area (Å²) in [6, 6.07) is 10.5. The maximum Gasteiger partial charge on any atom is 0.0726 e. The van der Waals surface area contributed by atoms with Crippen LogP contribution in [0.2, 0.25) is 0 Å². The molecule has 0 atom stereocenters. The Balaban J connectivity index is 1.45. The van der Waals surface area contributed by atoms with E-state index in [4.69, 9.17) is 0 Å². The van der Waals surface area contributed by atoms with Gasteiger partial charge in [0.15, 0.2) is 0 Å². The molecule has 130 valence electrons. The Morgan fingerprint density at radius 2 is 1.79 bits per heavy atom. The fourth-order valence-electron chi connectivity index (χ4n) is 3.81. The summed E-state index contributed by atoms with van der Waals surface area (Å²) >= 11 is 0. The second kappa shape index (κ2) is 7.42. The molecular formula is C21H31N3. The first-order valence-electron chi connectivity index (χ1n) is 9.31. The zero-order valence-electron chi connectivity index (χ0n) is 15.3. The van der Waals surface area contributed by atoms with Gasteiger partial charge in [0, 0.05) is 12.7 Å². The third-order valence-corrected chi connectivity index (χ3v) is 5.49. The number of benzene rings is 1. The van der Waals surface area contributed by atoms with E-state index in [-0.39, 0.29) is 0 Å². The molecule has 2 aromatic rings. The number of hydrogen-bond donors (Lipinski definition) is 1. The molecule has 1 aromatic heterocycles. The summed E-state index contributed by atoms with van der Waals surface area (Å²) in [5.74, 6) is 1.70. The molecule has 0 aliphatic heterocycles. The number of anilines is 1. The molecule has 1 aliphatic rings. The summed E-state index contributed by atoms with van der Waals surface area (Å²) < 4.78 is 2.01. The lowest BCUT2D eigenvalue weighted by Crippen LogP contribution is -2.28. The van der Waals surface area contributed by atoms with Crippen molar-refractivity contribution < 1.29 is 0 Å². The second-order valence-electron chi connectivity index (χ2n) is 8.38. The van der Waals surface area contributed by atoms with Gasteiger partial charge in [-0.25, -0.2) is 0 Å². The van der Waals surface area contributed by atoms with E-state index < -0.39 is 0 Å². The van der Waals surface area contributed by atoms with Gasteiger partial charge >= 0.3 is 0 Å². The van der Waals surface area contributed by atoms with E-state index in [2.05, 4.69) is 61.6 Å². The molecule has 1 heterocycles. The average Bonchev–Trinajstić information content (AvgIpc) is 3.01. The minimum atomic E-state index is 0.469. The number of nitrogens with one attached hydrogen (secondary N) is 1. The Morgan fingerprint density at radius 3 is 2.46 bits per heavy atom. The summed E-state index contributed by atoms with van der Waals surface area (Å²) in [6.45, 7) is 9.07. The lowest BCUT2D eigenvalue weighted by Gasteiger charge is -2.37. The lowest BCUT2D eigenvalue weighted by molar-refractivity contribution is 0.153. The van der Waals surface area contributed by atoms with Gasteiger partial charge in [0.2, 0.25) is 0 Å². The molecule has 1 aliphatic carbocycles. The molecule has 1 N–H and O–H groups in total. The fourth-order valence-corrected chi connectivity index (χ4v) is 3.81. The molecule has 3 heteroatoms. The van der Waals surface area contributed by atoms with E-state index in [1.807, 2.05) is 16.9 Å². The van der Waals surface area contributed by atoms with Crippen LogP contribution in [0.15, 0.2) is 42.7 Å². The normalized spacial score (nSPS) is 21.6. The molecule has 0 bridgehead atoms. The fraction of sp³-hybridized carbons (Fsp3) is 0.571. The zero-order valence-corrected chi connectivity index (χ0v) is 15.3. The molecular weight excluding hydrogens is 294 g/mol. The summed E-state index contributed by atoms with van der Waals surface area (Å²) in [6.07, 6.45) is 9.53. The summed E-state index contributed by atoms with van der Waals surface area (Å²) in [5, 5.41) is 8.06. The van der Waals surface area contributed by atoms with Crippen LogP contribution in [-0.4, -0.2) is 16.3 Å². The molecule has 3 nitrogen and oxygen atoms in total. The standard InChI is InChI=1S/C21H31N3/c1-21(2,3)19-11-9-17(10-12-19)13-22-20-14-23-24(16-20)15-18-7-5-4-6-8-18/h4-8,14,16-17,19,22H,9-13,15H2,1-3H3. The minimum absolute atomic E-state index is 0.469. The van der Waals surface area contributed by atoms with Crippen LogP contribution < -0.4 is 5.32 Å². The van der Waals surface area contributed by atoms with E-state index in [1.165, 1.54) is 31.2 Å². The first kappa shape index (κ1) is 17.1. The van der Waals surface area contributed by atoms with Crippen molar-refractivity contribution in [3.05, 3.63) is 48.3 Å². The van der Waals surface area contributed by atoms with Crippen molar-refractivity contribution in [1.82, 2.24) is 9.78 Å². The topological polar surface area (TPSA) is 29.9 Å². The molecule has 0 radical (unpaired) electrons. The van der Waals surface area contributed by atoms with Crippen molar-refractivity contribution in [2.75, 3.05) is 11.9 Å². The number of aromatic nitrogens is 2. The van der Waals surface area contributed by atoms with E-state index in [1.54, 1.807) is 0 Å². The van der Waals surface area contributed by atoms with Crippen molar-refractivity contribution in [2.24, 2.45) is 17.3 Å². The van der Waals surface area contributed by atoms with Crippen molar-refractivity contribution in [1.29, 1.82) is 0 Å². The third kappa shape index (κ3) is 4.62. The molecule has 3 rings (SSSR count). The monoisotopic (exact) mass is 325 g/mol. The first-order valence-corrected chi connectivity index (χ1v) is 9.31. The highest BCUT2D eigenvalue weighted by Crippen LogP contribution is 2.39. The van der Waals surface area contributed by atoms with E-state index in [0.29, 0.717) is 5.41 Å². The van der Waals surface area contributed by atoms with Crippen LogP contribution in [0.1, 0.15) is 52.0 Å². The molecule has 1 fully saturated rings. The van der Waals surface area contributed by atoms with Gasteiger partial charge in [-0.1, -0.05) is 51.1 Å².